The number of nitrogens with one attached hydrogen (secondary N) is 2. The predicted octanol–water partition coefficient (Wildman–Crippen LogP) is 4.09. The Labute approximate surface area is 195 Å². The molecule has 2 heterocycles. The Bertz CT molecular complexity index is 1300. The Morgan fingerprint density at radius 2 is 1.91 bits per heavy atom. The van der Waals surface area contributed by atoms with Crippen molar-refractivity contribution in [3.8, 4) is 0 Å². The van der Waals surface area contributed by atoms with Crippen LogP contribution in [-0.2, 0) is 21.2 Å². The lowest BCUT2D eigenvalue weighted by molar-refractivity contribution is -0.118. The van der Waals surface area contributed by atoms with Gasteiger partial charge in [0.2, 0.25) is 0 Å². The summed E-state index contributed by atoms with van der Waals surface area (Å²) in [6.07, 6.45) is 2.32. The molecule has 10 heteroatoms. The molecule has 0 spiro atoms. The van der Waals surface area contributed by atoms with Crippen molar-refractivity contribution in [1.29, 1.82) is 0 Å². The van der Waals surface area contributed by atoms with Crippen molar-refractivity contribution in [2.45, 2.75) is 31.2 Å². The molecule has 4 rings (SSSR count). The molecule has 7 nitrogen and oxygen atoms in total. The number of anilines is 1. The van der Waals surface area contributed by atoms with E-state index in [9.17, 15) is 13.2 Å². The Balaban J connectivity index is 1.53. The van der Waals surface area contributed by atoms with E-state index in [1.165, 1.54) is 17.4 Å². The van der Waals surface area contributed by atoms with Crippen LogP contribution in [0.3, 0.4) is 0 Å². The molecule has 0 unspecified atom stereocenters. The summed E-state index contributed by atoms with van der Waals surface area (Å²) in [6.45, 7) is 3.71. The SMILES string of the molecule is CC(C)[C@H](N=C1NS(=O)(=O)c2ccccc21)C(=O)Nc1ncc(Cc2ccccc2Cl)s1. The molecule has 0 fully saturated rings. The highest BCUT2D eigenvalue weighted by molar-refractivity contribution is 7.90. The summed E-state index contributed by atoms with van der Waals surface area (Å²) in [5, 5.41) is 3.95. The molecule has 1 amide bonds. The first-order chi connectivity index (χ1) is 15.2. The van der Waals surface area contributed by atoms with Gasteiger partial charge in [-0.15, -0.1) is 11.3 Å². The molecule has 1 aromatic heterocycles. The van der Waals surface area contributed by atoms with Crippen LogP contribution in [-0.4, -0.2) is 31.2 Å². The monoisotopic (exact) mass is 488 g/mol. The van der Waals surface area contributed by atoms with Crippen LogP contribution < -0.4 is 10.0 Å². The van der Waals surface area contributed by atoms with Gasteiger partial charge in [-0.25, -0.2) is 13.4 Å². The molecular formula is C22H21ClN4O3S2. The highest BCUT2D eigenvalue weighted by Crippen LogP contribution is 2.26. The number of fused-ring (bicyclic) bond motifs is 1. The minimum Gasteiger partial charge on any atom is -0.300 e. The molecule has 0 radical (unpaired) electrons. The van der Waals surface area contributed by atoms with Crippen LogP contribution in [0.5, 0.6) is 0 Å². The lowest BCUT2D eigenvalue weighted by Gasteiger charge is -2.16. The molecule has 166 valence electrons. The number of carbonyl (C=O) groups excluding carboxylic acids is 1. The number of aromatic nitrogens is 1. The molecule has 2 aromatic carbocycles. The van der Waals surface area contributed by atoms with Crippen LogP contribution in [0.2, 0.25) is 5.02 Å². The van der Waals surface area contributed by atoms with Gasteiger partial charge in [0.05, 0.1) is 4.90 Å². The zero-order chi connectivity index (χ0) is 22.9. The van der Waals surface area contributed by atoms with Crippen LogP contribution >= 0.6 is 22.9 Å². The third-order valence-electron chi connectivity index (χ3n) is 4.94. The molecule has 0 aliphatic carbocycles. The lowest BCUT2D eigenvalue weighted by atomic mass is 10.0. The first-order valence-corrected chi connectivity index (χ1v) is 12.6. The lowest BCUT2D eigenvalue weighted by Crippen LogP contribution is -2.34. The van der Waals surface area contributed by atoms with E-state index in [4.69, 9.17) is 11.6 Å². The minimum absolute atomic E-state index is 0.158. The number of nitrogens with zero attached hydrogens (tertiary/aromatic N) is 2. The van der Waals surface area contributed by atoms with Gasteiger partial charge in [-0.1, -0.05) is 55.8 Å². The van der Waals surface area contributed by atoms with Crippen molar-refractivity contribution >= 4 is 49.8 Å². The smallest absolute Gasteiger partial charge is 0.263 e. The van der Waals surface area contributed by atoms with E-state index in [0.717, 1.165) is 10.4 Å². The summed E-state index contributed by atoms with van der Waals surface area (Å²) in [7, 11) is -3.67. The van der Waals surface area contributed by atoms with Gasteiger partial charge in [0, 0.05) is 28.1 Å². The normalized spacial score (nSPS) is 16.6. The number of carbonyl (C=O) groups is 1. The van der Waals surface area contributed by atoms with E-state index in [1.807, 2.05) is 38.1 Å². The van der Waals surface area contributed by atoms with Crippen LogP contribution in [0.15, 0.2) is 64.6 Å². The van der Waals surface area contributed by atoms with Crippen molar-refractivity contribution in [2.75, 3.05) is 5.32 Å². The number of sulfonamides is 1. The molecule has 0 saturated carbocycles. The summed E-state index contributed by atoms with van der Waals surface area (Å²) in [5.41, 5.74) is 1.44. The van der Waals surface area contributed by atoms with Gasteiger partial charge in [-0.05, 0) is 29.7 Å². The fourth-order valence-electron chi connectivity index (χ4n) is 3.34. The molecule has 1 atom stereocenters. The Morgan fingerprint density at radius 3 is 2.66 bits per heavy atom. The highest BCUT2D eigenvalue weighted by Gasteiger charge is 2.32. The highest BCUT2D eigenvalue weighted by atomic mass is 35.5. The predicted molar refractivity (Wildman–Crippen MR) is 127 cm³/mol. The number of hydrogen-bond acceptors (Lipinski definition) is 6. The average molecular weight is 489 g/mol. The van der Waals surface area contributed by atoms with Crippen LogP contribution in [0.1, 0.15) is 29.9 Å². The zero-order valence-electron chi connectivity index (χ0n) is 17.4. The summed E-state index contributed by atoms with van der Waals surface area (Å²) in [6, 6.07) is 13.4. The second-order valence-corrected chi connectivity index (χ2v) is 10.8. The quantitative estimate of drug-likeness (QED) is 0.545. The number of benzene rings is 2. The largest absolute Gasteiger partial charge is 0.300 e. The summed E-state index contributed by atoms with van der Waals surface area (Å²) in [5.74, 6) is -0.343. The van der Waals surface area contributed by atoms with Crippen LogP contribution in [0.25, 0.3) is 0 Å². The first-order valence-electron chi connectivity index (χ1n) is 9.93. The number of rotatable bonds is 6. The number of hydrogen-bond donors (Lipinski definition) is 2. The van der Waals surface area contributed by atoms with E-state index >= 15 is 0 Å². The zero-order valence-corrected chi connectivity index (χ0v) is 19.8. The van der Waals surface area contributed by atoms with Gasteiger partial charge in [-0.3, -0.25) is 14.5 Å². The number of aliphatic imine (C=N–C) groups is 1. The fourth-order valence-corrected chi connectivity index (χ4v) is 5.62. The van der Waals surface area contributed by atoms with Gasteiger partial charge >= 0.3 is 0 Å². The van der Waals surface area contributed by atoms with Crippen molar-refractivity contribution in [3.63, 3.8) is 0 Å². The van der Waals surface area contributed by atoms with Crippen molar-refractivity contribution in [1.82, 2.24) is 9.71 Å². The van der Waals surface area contributed by atoms with Crippen LogP contribution in [0, 0.1) is 5.92 Å². The Morgan fingerprint density at radius 1 is 1.19 bits per heavy atom. The van der Waals surface area contributed by atoms with E-state index in [2.05, 4.69) is 20.0 Å². The van der Waals surface area contributed by atoms with Crippen molar-refractivity contribution in [2.24, 2.45) is 10.9 Å². The van der Waals surface area contributed by atoms with Gasteiger partial charge in [0.25, 0.3) is 15.9 Å². The molecule has 0 saturated heterocycles. The number of amidine groups is 1. The van der Waals surface area contributed by atoms with Gasteiger partial charge in [0.15, 0.2) is 5.13 Å². The number of thiazole rings is 1. The molecule has 32 heavy (non-hydrogen) atoms. The third kappa shape index (κ3) is 4.69. The van der Waals surface area contributed by atoms with E-state index < -0.39 is 16.1 Å². The average Bonchev–Trinajstić information content (AvgIpc) is 3.29. The molecule has 1 aliphatic rings. The maximum atomic E-state index is 13.0. The van der Waals surface area contributed by atoms with E-state index in [-0.39, 0.29) is 22.6 Å². The molecule has 0 bridgehead atoms. The molecular weight excluding hydrogens is 468 g/mol. The molecule has 2 N–H and O–H groups in total. The summed E-state index contributed by atoms with van der Waals surface area (Å²) < 4.78 is 27.1. The van der Waals surface area contributed by atoms with Crippen LogP contribution in [0.4, 0.5) is 5.13 Å². The standard InChI is InChI=1S/C22H21ClN4O3S2/c1-13(2)19(25-20-16-8-4-6-10-18(16)32(29,30)27-20)21(28)26-22-24-12-15(31-22)11-14-7-3-5-9-17(14)23/h3-10,12-13,19H,11H2,1-2H3,(H,25,27)(H,24,26,28)/t19-/m0/s1. The Hall–Kier alpha value is -2.75. The molecule has 3 aromatic rings. The van der Waals surface area contributed by atoms with Crippen molar-refractivity contribution in [3.05, 3.63) is 75.8 Å². The summed E-state index contributed by atoms with van der Waals surface area (Å²) in [4.78, 5) is 22.9. The topological polar surface area (TPSA) is 101 Å². The van der Waals surface area contributed by atoms with E-state index in [1.54, 1.807) is 24.4 Å². The van der Waals surface area contributed by atoms with Gasteiger partial charge in [0.1, 0.15) is 11.9 Å². The van der Waals surface area contributed by atoms with E-state index in [0.29, 0.717) is 22.1 Å². The second-order valence-electron chi connectivity index (χ2n) is 7.66. The maximum Gasteiger partial charge on any atom is 0.263 e. The number of halogens is 1. The summed E-state index contributed by atoms with van der Waals surface area (Å²) >= 11 is 7.59. The Kier molecular flexibility index (Phi) is 6.32. The third-order valence-corrected chi connectivity index (χ3v) is 7.62. The second kappa shape index (κ2) is 9.01. The maximum absolute atomic E-state index is 13.0. The van der Waals surface area contributed by atoms with Crippen molar-refractivity contribution < 1.29 is 13.2 Å². The fraction of sp³-hybridized carbons (Fsp3) is 0.227. The minimum atomic E-state index is -3.67. The first kappa shape index (κ1) is 22.4. The molecule has 1 aliphatic heterocycles. The van der Waals surface area contributed by atoms with Gasteiger partial charge < -0.3 is 5.32 Å². The number of amides is 1. The van der Waals surface area contributed by atoms with Gasteiger partial charge in [-0.2, -0.15) is 0 Å².